The number of rotatable bonds is 20. The summed E-state index contributed by atoms with van der Waals surface area (Å²) in [5.41, 5.74) is 5.78. The molecule has 2 aromatic heterocycles. The molecule has 2 amide bonds. The summed E-state index contributed by atoms with van der Waals surface area (Å²) < 4.78 is 2.19. The molecule has 0 bridgehead atoms. The van der Waals surface area contributed by atoms with Crippen molar-refractivity contribution in [2.75, 3.05) is 38.1 Å². The van der Waals surface area contributed by atoms with E-state index in [2.05, 4.69) is 33.3 Å². The van der Waals surface area contributed by atoms with Gasteiger partial charge in [-0.2, -0.15) is 0 Å². The molecule has 1 aliphatic heterocycles. The van der Waals surface area contributed by atoms with Crippen LogP contribution >= 0.6 is 11.6 Å². The Morgan fingerprint density at radius 3 is 2.50 bits per heavy atom. The average molecular weight is 803 g/mol. The standard InChI is InChI=1S/C41H51ClN6O6.2Na/c1-43-22-24-47(23-9-8-14-34(41(53)54)45-33-19-17-28-11-6-7-15-35(28)48(40(33)52)27-38(50)51)37(49)16-5-3-4-13-31-32-25-30(42)18-20-36(32)46(2)39(31)29-12-10-21-44-26-29;;/h6-7,10-12,15,18,20-21,25-26,33-34,43,45H,3-5,8-9,13-14,16-17,19,22-24,27H2,1-2H3,(H,50,51)(H,53,54);;/q;2*+1/p-2/t33?,34-;;/m0../s1. The van der Waals surface area contributed by atoms with Crippen LogP contribution in [0.4, 0.5) is 5.69 Å². The van der Waals surface area contributed by atoms with Gasteiger partial charge in [-0.1, -0.05) is 36.2 Å². The number of hydrogen-bond donors (Lipinski definition) is 2. The van der Waals surface area contributed by atoms with E-state index in [0.717, 1.165) is 58.3 Å². The van der Waals surface area contributed by atoms with Crippen molar-refractivity contribution in [2.45, 2.75) is 76.3 Å². The zero-order valence-electron chi connectivity index (χ0n) is 33.0. The Kier molecular flexibility index (Phi) is 20.0. The third-order valence-electron chi connectivity index (χ3n) is 10.2. The Hall–Kier alpha value is -2.78. The monoisotopic (exact) mass is 802 g/mol. The van der Waals surface area contributed by atoms with E-state index in [4.69, 9.17) is 11.6 Å². The Morgan fingerprint density at radius 2 is 1.79 bits per heavy atom. The Labute approximate surface area is 378 Å². The van der Waals surface area contributed by atoms with Gasteiger partial charge in [-0.05, 0) is 106 Å². The number of aliphatic carboxylic acids is 2. The van der Waals surface area contributed by atoms with Crippen LogP contribution < -0.4 is 84.9 Å². The molecule has 0 saturated heterocycles. The number of halogens is 1. The maximum atomic E-state index is 13.4. The zero-order valence-corrected chi connectivity index (χ0v) is 37.8. The number of carbonyl (C=O) groups is 4. The van der Waals surface area contributed by atoms with Crippen molar-refractivity contribution >= 4 is 51.9 Å². The summed E-state index contributed by atoms with van der Waals surface area (Å²) in [5.74, 6) is -3.20. The van der Waals surface area contributed by atoms with Gasteiger partial charge >= 0.3 is 59.1 Å². The largest absolute Gasteiger partial charge is 1.00 e. The van der Waals surface area contributed by atoms with Crippen molar-refractivity contribution in [1.29, 1.82) is 0 Å². The van der Waals surface area contributed by atoms with E-state index >= 15 is 0 Å². The van der Waals surface area contributed by atoms with Crippen molar-refractivity contribution in [3.63, 3.8) is 0 Å². The fourth-order valence-corrected chi connectivity index (χ4v) is 7.64. The van der Waals surface area contributed by atoms with Crippen LogP contribution in [0.15, 0.2) is 67.0 Å². The minimum absolute atomic E-state index is 0. The van der Waals surface area contributed by atoms with Gasteiger partial charge in [0, 0.05) is 78.7 Å². The number of carboxylic acids is 2. The van der Waals surface area contributed by atoms with Crippen molar-refractivity contribution < 1.29 is 88.5 Å². The molecule has 0 fully saturated rings. The first-order valence-electron chi connectivity index (χ1n) is 18.7. The van der Waals surface area contributed by atoms with Gasteiger partial charge in [-0.15, -0.1) is 0 Å². The van der Waals surface area contributed by atoms with E-state index in [-0.39, 0.29) is 71.4 Å². The summed E-state index contributed by atoms with van der Waals surface area (Å²) in [7, 11) is 3.89. The van der Waals surface area contributed by atoms with E-state index in [1.165, 1.54) is 5.56 Å². The molecule has 56 heavy (non-hydrogen) atoms. The molecule has 2 atom stereocenters. The van der Waals surface area contributed by atoms with E-state index in [0.29, 0.717) is 62.4 Å². The van der Waals surface area contributed by atoms with Crippen LogP contribution in [0.1, 0.15) is 62.5 Å². The number of hydrogen-bond acceptors (Lipinski definition) is 9. The number of unbranched alkanes of at least 4 members (excludes halogenated alkanes) is 3. The number of nitrogens with zero attached hydrogens (tertiary/aromatic N) is 4. The van der Waals surface area contributed by atoms with Gasteiger partial charge in [0.25, 0.3) is 0 Å². The second kappa shape index (κ2) is 23.6. The van der Waals surface area contributed by atoms with Gasteiger partial charge in [0.15, 0.2) is 0 Å². The van der Waals surface area contributed by atoms with Crippen molar-refractivity contribution in [1.82, 2.24) is 25.1 Å². The van der Waals surface area contributed by atoms with Crippen LogP contribution in [0, 0.1) is 0 Å². The zero-order chi connectivity index (χ0) is 38.6. The summed E-state index contributed by atoms with van der Waals surface area (Å²) >= 11 is 6.41. The van der Waals surface area contributed by atoms with Crippen LogP contribution in [0.25, 0.3) is 22.2 Å². The fourth-order valence-electron chi connectivity index (χ4n) is 7.46. The summed E-state index contributed by atoms with van der Waals surface area (Å²) in [6.45, 7) is 1.01. The predicted molar refractivity (Wildman–Crippen MR) is 206 cm³/mol. The van der Waals surface area contributed by atoms with Crippen LogP contribution in [0.5, 0.6) is 0 Å². The molecular formula is C41H49ClN6Na2O6. The van der Waals surface area contributed by atoms with Gasteiger partial charge in [-0.25, -0.2) is 0 Å². The molecule has 1 aliphatic rings. The molecule has 12 nitrogen and oxygen atoms in total. The number of aromatic nitrogens is 2. The number of likely N-dealkylation sites (N-methyl/N-ethyl adjacent to an activating group) is 1. The SMILES string of the molecule is CNCCN(CCCC[C@H](NC1CCc2ccccc2N(CC(=O)[O-])C1=O)C(=O)[O-])C(=O)CCCCCc1c(-c2cccnc2)n(C)c2ccc(Cl)cc12.[Na+].[Na+]. The molecule has 0 radical (unpaired) electrons. The molecule has 0 saturated carbocycles. The average Bonchev–Trinajstić information content (AvgIpc) is 3.36. The van der Waals surface area contributed by atoms with Gasteiger partial charge in [0.05, 0.1) is 30.2 Å². The van der Waals surface area contributed by atoms with Crippen LogP contribution in [0.2, 0.25) is 5.02 Å². The molecular weight excluding hydrogens is 754 g/mol. The summed E-state index contributed by atoms with van der Waals surface area (Å²) in [5, 5.41) is 31.5. The molecule has 288 valence electrons. The minimum atomic E-state index is -1.41. The number of para-hydroxylation sites is 1. The first kappa shape index (κ1) is 47.6. The smallest absolute Gasteiger partial charge is 0.548 e. The maximum absolute atomic E-state index is 13.4. The second-order valence-corrected chi connectivity index (χ2v) is 14.3. The molecule has 0 aliphatic carbocycles. The van der Waals surface area contributed by atoms with E-state index in [1.807, 2.05) is 54.5 Å². The van der Waals surface area contributed by atoms with Crippen molar-refractivity contribution in [3.05, 3.63) is 83.1 Å². The summed E-state index contributed by atoms with van der Waals surface area (Å²) in [4.78, 5) is 57.8. The fraction of sp³-hybridized carbons (Fsp3) is 0.439. The molecule has 5 rings (SSSR count). The van der Waals surface area contributed by atoms with E-state index in [1.54, 1.807) is 18.3 Å². The van der Waals surface area contributed by atoms with Crippen LogP contribution in [-0.4, -0.2) is 83.5 Å². The molecule has 4 aromatic rings. The number of aryl methyl sites for hydroxylation is 3. The molecule has 2 aromatic carbocycles. The molecule has 1 unspecified atom stereocenters. The number of carboxylic acid groups (broad SMARTS) is 2. The van der Waals surface area contributed by atoms with Crippen LogP contribution in [0.3, 0.4) is 0 Å². The third kappa shape index (κ3) is 12.6. The number of carbonyl (C=O) groups excluding carboxylic acids is 4. The predicted octanol–water partition coefficient (Wildman–Crippen LogP) is -2.97. The molecule has 15 heteroatoms. The molecule has 2 N–H and O–H groups in total. The third-order valence-corrected chi connectivity index (χ3v) is 10.4. The Bertz CT molecular complexity index is 1930. The van der Waals surface area contributed by atoms with Gasteiger partial charge in [0.2, 0.25) is 11.8 Å². The number of pyridine rings is 1. The number of fused-ring (bicyclic) bond motifs is 2. The maximum Gasteiger partial charge on any atom is 1.00 e. The normalized spacial score (nSPS) is 14.3. The first-order valence-corrected chi connectivity index (χ1v) is 19.1. The molecule has 0 spiro atoms. The van der Waals surface area contributed by atoms with E-state index in [9.17, 15) is 29.4 Å². The van der Waals surface area contributed by atoms with Gasteiger partial charge < -0.3 is 39.5 Å². The van der Waals surface area contributed by atoms with E-state index < -0.39 is 36.5 Å². The second-order valence-electron chi connectivity index (χ2n) is 13.9. The van der Waals surface area contributed by atoms with Crippen molar-refractivity contribution in [2.24, 2.45) is 7.05 Å². The number of anilines is 1. The number of benzene rings is 2. The first-order chi connectivity index (χ1) is 26.1. The minimum Gasteiger partial charge on any atom is -0.548 e. The summed E-state index contributed by atoms with van der Waals surface area (Å²) in [6.07, 6.45) is 9.42. The van der Waals surface area contributed by atoms with Crippen molar-refractivity contribution in [3.8, 4) is 11.3 Å². The van der Waals surface area contributed by atoms with Gasteiger partial charge in [0.1, 0.15) is 0 Å². The Morgan fingerprint density at radius 1 is 1.00 bits per heavy atom. The van der Waals surface area contributed by atoms with Gasteiger partial charge in [-0.3, -0.25) is 19.9 Å². The van der Waals surface area contributed by atoms with Crippen LogP contribution in [-0.2, 0) is 39.1 Å². The number of amides is 2. The number of nitrogens with one attached hydrogen (secondary N) is 2. The quantitative estimate of drug-likeness (QED) is 0.0703. The topological polar surface area (TPSA) is 163 Å². The molecule has 3 heterocycles. The Balaban J connectivity index is 0.00000420. The summed E-state index contributed by atoms with van der Waals surface area (Å²) in [6, 6.07) is 15.0.